The molecule has 0 aliphatic carbocycles. The van der Waals surface area contributed by atoms with Crippen LogP contribution in [0.15, 0.2) is 24.3 Å². The summed E-state index contributed by atoms with van der Waals surface area (Å²) in [5.41, 5.74) is 2.90. The van der Waals surface area contributed by atoms with Crippen LogP contribution in [0.3, 0.4) is 0 Å². The first-order chi connectivity index (χ1) is 8.11. The Labute approximate surface area is 104 Å². The van der Waals surface area contributed by atoms with E-state index < -0.39 is 0 Å². The maximum absolute atomic E-state index is 6.29. The average Bonchev–Trinajstić information content (AvgIpc) is 2.84. The first kappa shape index (κ1) is 11.3. The molecule has 92 valence electrons. The van der Waals surface area contributed by atoms with E-state index in [4.69, 9.17) is 4.74 Å². The second kappa shape index (κ2) is 3.84. The van der Waals surface area contributed by atoms with Gasteiger partial charge in [0.05, 0.1) is 12.2 Å². The van der Waals surface area contributed by atoms with E-state index in [2.05, 4.69) is 52.0 Å². The molecule has 2 aliphatic rings. The molecule has 0 spiro atoms. The minimum atomic E-state index is 0.351. The van der Waals surface area contributed by atoms with Gasteiger partial charge in [-0.1, -0.05) is 52.0 Å². The van der Waals surface area contributed by atoms with Crippen molar-refractivity contribution in [2.45, 2.75) is 39.9 Å². The van der Waals surface area contributed by atoms with Crippen LogP contribution in [-0.2, 0) is 4.74 Å². The Morgan fingerprint density at radius 3 is 1.59 bits per heavy atom. The van der Waals surface area contributed by atoms with E-state index in [1.165, 1.54) is 11.1 Å². The van der Waals surface area contributed by atoms with Gasteiger partial charge in [0.25, 0.3) is 0 Å². The molecule has 0 N–H and O–H groups in total. The lowest BCUT2D eigenvalue weighted by molar-refractivity contribution is 0.0474. The van der Waals surface area contributed by atoms with Crippen LogP contribution in [0, 0.1) is 23.7 Å². The van der Waals surface area contributed by atoms with Crippen LogP contribution in [-0.4, -0.2) is 0 Å². The molecule has 2 heterocycles. The van der Waals surface area contributed by atoms with Crippen molar-refractivity contribution in [2.75, 3.05) is 0 Å². The van der Waals surface area contributed by atoms with Crippen molar-refractivity contribution >= 4 is 0 Å². The van der Waals surface area contributed by atoms with E-state index in [9.17, 15) is 0 Å². The Balaban J connectivity index is 2.06. The highest BCUT2D eigenvalue weighted by molar-refractivity contribution is 5.39. The highest BCUT2D eigenvalue weighted by Crippen LogP contribution is 2.61. The fourth-order valence-corrected chi connectivity index (χ4v) is 3.92. The van der Waals surface area contributed by atoms with Crippen LogP contribution in [0.25, 0.3) is 0 Å². The van der Waals surface area contributed by atoms with Gasteiger partial charge in [-0.3, -0.25) is 0 Å². The molecule has 0 saturated carbocycles. The number of fused-ring (bicyclic) bond motifs is 5. The van der Waals surface area contributed by atoms with Crippen LogP contribution >= 0.6 is 0 Å². The molecule has 1 aromatic carbocycles. The van der Waals surface area contributed by atoms with Crippen molar-refractivity contribution in [3.63, 3.8) is 0 Å². The van der Waals surface area contributed by atoms with Gasteiger partial charge in [-0.25, -0.2) is 0 Å². The summed E-state index contributed by atoms with van der Waals surface area (Å²) in [7, 11) is 0. The van der Waals surface area contributed by atoms with E-state index in [-0.39, 0.29) is 0 Å². The molecule has 2 bridgehead atoms. The van der Waals surface area contributed by atoms with Gasteiger partial charge in [-0.05, 0) is 34.8 Å². The molecule has 1 saturated heterocycles. The van der Waals surface area contributed by atoms with Crippen molar-refractivity contribution in [2.24, 2.45) is 23.7 Å². The molecule has 1 fully saturated rings. The standard InChI is InChI=1S/C16H22O/c1-9(2)13-14(10(3)4)16-12-8-6-5-7-11(12)15(13)17-16/h5-10,13-16H,1-4H3/t13-,14-,15?,16?/m1/s1. The fraction of sp³-hybridized carbons (Fsp3) is 0.625. The molecular weight excluding hydrogens is 208 g/mol. The fourth-order valence-electron chi connectivity index (χ4n) is 3.92. The van der Waals surface area contributed by atoms with Crippen LogP contribution in [0.5, 0.6) is 0 Å². The van der Waals surface area contributed by atoms with Crippen molar-refractivity contribution in [1.82, 2.24) is 0 Å². The zero-order chi connectivity index (χ0) is 12.2. The SMILES string of the molecule is CC(C)[C@H]1C2OC(c3ccccc32)[C@@H]1C(C)C. The molecule has 4 atom stereocenters. The van der Waals surface area contributed by atoms with E-state index >= 15 is 0 Å². The largest absolute Gasteiger partial charge is 0.365 e. The smallest absolute Gasteiger partial charge is 0.0871 e. The molecule has 2 aliphatic heterocycles. The molecule has 17 heavy (non-hydrogen) atoms. The average molecular weight is 230 g/mol. The van der Waals surface area contributed by atoms with Gasteiger partial charge in [0, 0.05) is 0 Å². The van der Waals surface area contributed by atoms with Crippen molar-refractivity contribution in [3.05, 3.63) is 35.4 Å². The number of hydrogen-bond acceptors (Lipinski definition) is 1. The first-order valence-corrected chi connectivity index (χ1v) is 6.85. The summed E-state index contributed by atoms with van der Waals surface area (Å²) in [6, 6.07) is 8.80. The van der Waals surface area contributed by atoms with Crippen molar-refractivity contribution < 1.29 is 4.74 Å². The Kier molecular flexibility index (Phi) is 2.55. The third-order valence-electron chi connectivity index (χ3n) is 4.59. The molecule has 0 aromatic heterocycles. The van der Waals surface area contributed by atoms with Gasteiger partial charge in [0.1, 0.15) is 0 Å². The maximum Gasteiger partial charge on any atom is 0.0871 e. The maximum atomic E-state index is 6.29. The summed E-state index contributed by atoms with van der Waals surface area (Å²) in [6.07, 6.45) is 0.701. The lowest BCUT2D eigenvalue weighted by atomic mass is 9.67. The highest BCUT2D eigenvalue weighted by Gasteiger charge is 2.53. The van der Waals surface area contributed by atoms with Gasteiger partial charge in [-0.15, -0.1) is 0 Å². The number of rotatable bonds is 2. The lowest BCUT2D eigenvalue weighted by Gasteiger charge is -2.34. The summed E-state index contributed by atoms with van der Waals surface area (Å²) in [5, 5.41) is 0. The molecule has 1 aromatic rings. The molecule has 2 unspecified atom stereocenters. The molecule has 3 rings (SSSR count). The lowest BCUT2D eigenvalue weighted by Crippen LogP contribution is -2.29. The number of benzene rings is 1. The third kappa shape index (κ3) is 1.48. The van der Waals surface area contributed by atoms with Gasteiger partial charge < -0.3 is 4.74 Å². The van der Waals surface area contributed by atoms with E-state index in [1.807, 2.05) is 0 Å². The minimum Gasteiger partial charge on any atom is -0.365 e. The molecule has 1 heteroatoms. The molecule has 0 radical (unpaired) electrons. The molecular formula is C16H22O. The first-order valence-electron chi connectivity index (χ1n) is 6.85. The third-order valence-corrected chi connectivity index (χ3v) is 4.59. The number of ether oxygens (including phenoxy) is 1. The van der Waals surface area contributed by atoms with Gasteiger partial charge >= 0.3 is 0 Å². The summed E-state index contributed by atoms with van der Waals surface area (Å²) in [4.78, 5) is 0. The minimum absolute atomic E-state index is 0.351. The van der Waals surface area contributed by atoms with Crippen molar-refractivity contribution in [3.8, 4) is 0 Å². The Bertz CT molecular complexity index is 382. The molecule has 1 nitrogen and oxygen atoms in total. The highest BCUT2D eigenvalue weighted by atomic mass is 16.5. The zero-order valence-electron chi connectivity index (χ0n) is 11.2. The van der Waals surface area contributed by atoms with Gasteiger partial charge in [0.2, 0.25) is 0 Å². The van der Waals surface area contributed by atoms with Crippen molar-refractivity contribution in [1.29, 1.82) is 0 Å². The van der Waals surface area contributed by atoms with Crippen LogP contribution in [0.4, 0.5) is 0 Å². The zero-order valence-corrected chi connectivity index (χ0v) is 11.2. The quantitative estimate of drug-likeness (QED) is 0.733. The monoisotopic (exact) mass is 230 g/mol. The normalized spacial score (nSPS) is 34.7. The van der Waals surface area contributed by atoms with E-state index in [0.29, 0.717) is 35.9 Å². The number of hydrogen-bond donors (Lipinski definition) is 0. The Morgan fingerprint density at radius 2 is 1.24 bits per heavy atom. The summed E-state index contributed by atoms with van der Waals surface area (Å²) >= 11 is 0. The predicted octanol–water partition coefficient (Wildman–Crippen LogP) is 4.36. The Hall–Kier alpha value is -0.820. The Morgan fingerprint density at radius 1 is 0.824 bits per heavy atom. The summed E-state index contributed by atoms with van der Waals surface area (Å²) in [6.45, 7) is 9.36. The van der Waals surface area contributed by atoms with Crippen LogP contribution in [0.1, 0.15) is 51.0 Å². The summed E-state index contributed by atoms with van der Waals surface area (Å²) in [5.74, 6) is 2.78. The summed E-state index contributed by atoms with van der Waals surface area (Å²) < 4.78 is 6.29. The van der Waals surface area contributed by atoms with Crippen LogP contribution < -0.4 is 0 Å². The van der Waals surface area contributed by atoms with Gasteiger partial charge in [0.15, 0.2) is 0 Å². The van der Waals surface area contributed by atoms with Gasteiger partial charge in [-0.2, -0.15) is 0 Å². The second-order valence-corrected chi connectivity index (χ2v) is 6.25. The van der Waals surface area contributed by atoms with Crippen LogP contribution in [0.2, 0.25) is 0 Å². The van der Waals surface area contributed by atoms with E-state index in [1.54, 1.807) is 0 Å². The molecule has 0 amide bonds. The van der Waals surface area contributed by atoms with E-state index in [0.717, 1.165) is 0 Å². The predicted molar refractivity (Wildman–Crippen MR) is 69.7 cm³/mol. The topological polar surface area (TPSA) is 9.23 Å². The second-order valence-electron chi connectivity index (χ2n) is 6.25.